The number of carbonyl (C=O) groups excluding carboxylic acids is 1. The minimum atomic E-state index is 0.196. The predicted molar refractivity (Wildman–Crippen MR) is 98.5 cm³/mol. The number of aromatic amines is 1. The van der Waals surface area contributed by atoms with E-state index in [0.717, 1.165) is 43.2 Å². The van der Waals surface area contributed by atoms with Crippen molar-refractivity contribution in [3.63, 3.8) is 0 Å². The monoisotopic (exact) mass is 335 g/mol. The number of rotatable bonds is 3. The summed E-state index contributed by atoms with van der Waals surface area (Å²) in [4.78, 5) is 20.3. The molecule has 1 aliphatic rings. The fourth-order valence-electron chi connectivity index (χ4n) is 3.57. The highest BCUT2D eigenvalue weighted by Gasteiger charge is 2.26. The zero-order valence-corrected chi connectivity index (χ0v) is 14.5. The van der Waals surface area contributed by atoms with Gasteiger partial charge in [0.2, 0.25) is 5.91 Å². The smallest absolute Gasteiger partial charge is 0.274 e. The van der Waals surface area contributed by atoms with Crippen LogP contribution >= 0.6 is 0 Å². The summed E-state index contributed by atoms with van der Waals surface area (Å²) in [5.41, 5.74) is 2.26. The normalized spacial score (nSPS) is 14.9. The molecule has 3 heterocycles. The molecule has 1 fully saturated rings. The van der Waals surface area contributed by atoms with Crippen molar-refractivity contribution in [2.24, 2.45) is 0 Å². The Labute approximate surface area is 147 Å². The molecule has 25 heavy (non-hydrogen) atoms. The molecule has 1 saturated heterocycles. The van der Waals surface area contributed by atoms with Gasteiger partial charge in [-0.05, 0) is 30.5 Å². The second kappa shape index (κ2) is 6.59. The van der Waals surface area contributed by atoms with Gasteiger partial charge in [-0.1, -0.05) is 24.3 Å². The molecule has 5 nitrogen and oxygen atoms in total. The van der Waals surface area contributed by atoms with Gasteiger partial charge in [-0.25, -0.2) is 4.98 Å². The molecule has 1 aromatic carbocycles. The second-order valence-electron chi connectivity index (χ2n) is 6.55. The number of aromatic nitrogens is 2. The maximum Gasteiger partial charge on any atom is 0.274 e. The molecule has 0 spiro atoms. The Morgan fingerprint density at radius 2 is 1.80 bits per heavy atom. The lowest BCUT2D eigenvalue weighted by molar-refractivity contribution is -0.364. The molecule has 0 unspecified atom stereocenters. The van der Waals surface area contributed by atoms with E-state index in [2.05, 4.69) is 45.6 Å². The first-order chi connectivity index (χ1) is 12.2. The van der Waals surface area contributed by atoms with Gasteiger partial charge < -0.3 is 9.47 Å². The van der Waals surface area contributed by atoms with E-state index >= 15 is 0 Å². The summed E-state index contributed by atoms with van der Waals surface area (Å²) in [7, 11) is 0. The van der Waals surface area contributed by atoms with Crippen molar-refractivity contribution in [1.82, 2.24) is 9.47 Å². The summed E-state index contributed by atoms with van der Waals surface area (Å²) in [5, 5.41) is 1.19. The lowest BCUT2D eigenvalue weighted by Gasteiger charge is -2.31. The van der Waals surface area contributed by atoms with E-state index in [1.807, 2.05) is 35.4 Å². The SMILES string of the molecule is Cc1cc2ccccc2n1CC(=O)N1CCN(c2cccc[nH+]2)CC1. The minimum Gasteiger partial charge on any atom is -0.335 e. The molecule has 0 aliphatic carbocycles. The van der Waals surface area contributed by atoms with Crippen LogP contribution in [-0.4, -0.2) is 41.6 Å². The number of anilines is 1. The van der Waals surface area contributed by atoms with Gasteiger partial charge in [0.25, 0.3) is 5.82 Å². The molecule has 0 bridgehead atoms. The van der Waals surface area contributed by atoms with Crippen molar-refractivity contribution in [3.8, 4) is 0 Å². The number of hydrogen-bond acceptors (Lipinski definition) is 2. The summed E-state index contributed by atoms with van der Waals surface area (Å²) in [5.74, 6) is 1.31. The first-order valence-corrected chi connectivity index (χ1v) is 8.77. The summed E-state index contributed by atoms with van der Waals surface area (Å²) in [6.07, 6.45) is 1.94. The Bertz CT molecular complexity index is 879. The van der Waals surface area contributed by atoms with Crippen LogP contribution in [0.5, 0.6) is 0 Å². The molecule has 0 saturated carbocycles. The topological polar surface area (TPSA) is 42.6 Å². The van der Waals surface area contributed by atoms with E-state index in [4.69, 9.17) is 0 Å². The third-order valence-corrected chi connectivity index (χ3v) is 4.98. The van der Waals surface area contributed by atoms with Crippen molar-refractivity contribution in [1.29, 1.82) is 0 Å². The predicted octanol–water partition coefficient (Wildman–Crippen LogP) is 2.11. The van der Waals surface area contributed by atoms with Crippen LogP contribution < -0.4 is 9.88 Å². The number of benzene rings is 1. The fraction of sp³-hybridized carbons (Fsp3) is 0.300. The summed E-state index contributed by atoms with van der Waals surface area (Å²) < 4.78 is 2.12. The van der Waals surface area contributed by atoms with Gasteiger partial charge in [0.1, 0.15) is 19.6 Å². The van der Waals surface area contributed by atoms with E-state index in [9.17, 15) is 4.79 Å². The number of piperazine rings is 1. The van der Waals surface area contributed by atoms with E-state index in [1.165, 1.54) is 5.39 Å². The molecule has 5 heteroatoms. The molecular formula is C20H23N4O+. The number of nitrogens with one attached hydrogen (secondary N) is 1. The van der Waals surface area contributed by atoms with E-state index < -0.39 is 0 Å². The van der Waals surface area contributed by atoms with Crippen molar-refractivity contribution >= 4 is 22.6 Å². The number of pyridine rings is 1. The summed E-state index contributed by atoms with van der Waals surface area (Å²) >= 11 is 0. The first kappa shape index (κ1) is 15.7. The number of nitrogens with zero attached hydrogens (tertiary/aromatic N) is 3. The van der Waals surface area contributed by atoms with Crippen LogP contribution in [0, 0.1) is 6.92 Å². The van der Waals surface area contributed by atoms with Gasteiger partial charge in [-0.15, -0.1) is 0 Å². The molecule has 2 aromatic heterocycles. The lowest BCUT2D eigenvalue weighted by Crippen LogP contribution is -2.50. The number of fused-ring (bicyclic) bond motifs is 1. The van der Waals surface area contributed by atoms with Crippen LogP contribution in [0.2, 0.25) is 0 Å². The van der Waals surface area contributed by atoms with Crippen molar-refractivity contribution in [3.05, 3.63) is 60.4 Å². The summed E-state index contributed by atoms with van der Waals surface area (Å²) in [6, 6.07) is 16.5. The lowest BCUT2D eigenvalue weighted by atomic mass is 10.2. The van der Waals surface area contributed by atoms with Crippen LogP contribution in [0.25, 0.3) is 10.9 Å². The van der Waals surface area contributed by atoms with Crippen LogP contribution in [0.15, 0.2) is 54.7 Å². The number of hydrogen-bond donors (Lipinski definition) is 0. The molecule has 1 aliphatic heterocycles. The van der Waals surface area contributed by atoms with Gasteiger partial charge >= 0.3 is 0 Å². The Kier molecular flexibility index (Phi) is 4.14. The molecule has 0 radical (unpaired) electrons. The fourth-order valence-corrected chi connectivity index (χ4v) is 3.57. The van der Waals surface area contributed by atoms with E-state index in [-0.39, 0.29) is 5.91 Å². The van der Waals surface area contributed by atoms with Gasteiger partial charge in [-0.3, -0.25) is 9.69 Å². The first-order valence-electron chi connectivity index (χ1n) is 8.77. The minimum absolute atomic E-state index is 0.196. The third kappa shape index (κ3) is 3.09. The highest BCUT2D eigenvalue weighted by molar-refractivity contribution is 5.84. The quantitative estimate of drug-likeness (QED) is 0.736. The van der Waals surface area contributed by atoms with E-state index in [0.29, 0.717) is 6.54 Å². The van der Waals surface area contributed by atoms with Gasteiger partial charge in [-0.2, -0.15) is 0 Å². The van der Waals surface area contributed by atoms with Gasteiger partial charge in [0, 0.05) is 17.3 Å². The summed E-state index contributed by atoms with van der Waals surface area (Å²) in [6.45, 7) is 5.72. The van der Waals surface area contributed by atoms with Crippen molar-refractivity contribution < 1.29 is 9.78 Å². The Morgan fingerprint density at radius 3 is 2.56 bits per heavy atom. The number of aryl methyl sites for hydroxylation is 1. The van der Waals surface area contributed by atoms with Crippen LogP contribution in [0.1, 0.15) is 5.69 Å². The average molecular weight is 335 g/mol. The van der Waals surface area contributed by atoms with Gasteiger partial charge in [0.15, 0.2) is 0 Å². The standard InChI is InChI=1S/C20H22N4O/c1-16-14-17-6-2-3-7-18(17)24(16)15-20(25)23-12-10-22(11-13-23)19-8-4-5-9-21-19/h2-9,14H,10-13,15H2,1H3/p+1. The van der Waals surface area contributed by atoms with Crippen molar-refractivity contribution in [2.45, 2.75) is 13.5 Å². The Morgan fingerprint density at radius 1 is 1.04 bits per heavy atom. The number of carbonyl (C=O) groups is 1. The maximum absolute atomic E-state index is 12.8. The largest absolute Gasteiger partial charge is 0.335 e. The van der Waals surface area contributed by atoms with Crippen LogP contribution in [0.3, 0.4) is 0 Å². The van der Waals surface area contributed by atoms with Gasteiger partial charge in [0.05, 0.1) is 19.3 Å². The van der Waals surface area contributed by atoms with E-state index in [1.54, 1.807) is 0 Å². The molecule has 4 rings (SSSR count). The molecule has 3 aromatic rings. The number of H-pyrrole nitrogens is 1. The molecule has 0 atom stereocenters. The molecular weight excluding hydrogens is 312 g/mol. The molecule has 1 amide bonds. The maximum atomic E-state index is 12.8. The highest BCUT2D eigenvalue weighted by atomic mass is 16.2. The van der Waals surface area contributed by atoms with Crippen molar-refractivity contribution in [2.75, 3.05) is 31.1 Å². The average Bonchev–Trinajstić information content (AvgIpc) is 2.98. The number of para-hydroxylation sites is 1. The Hall–Kier alpha value is -2.82. The second-order valence-corrected chi connectivity index (χ2v) is 6.55. The zero-order valence-electron chi connectivity index (χ0n) is 14.5. The zero-order chi connectivity index (χ0) is 17.2. The molecule has 1 N–H and O–H groups in total. The third-order valence-electron chi connectivity index (χ3n) is 4.98. The Balaban J connectivity index is 1.43. The number of amides is 1. The highest BCUT2D eigenvalue weighted by Crippen LogP contribution is 2.19. The van der Waals surface area contributed by atoms with Crippen LogP contribution in [0.4, 0.5) is 5.82 Å². The molecule has 128 valence electrons. The van der Waals surface area contributed by atoms with Crippen LogP contribution in [-0.2, 0) is 11.3 Å².